The van der Waals surface area contributed by atoms with Crippen LogP contribution in [0.3, 0.4) is 0 Å². The molecule has 0 aromatic rings. The van der Waals surface area contributed by atoms with Crippen molar-refractivity contribution in [2.45, 2.75) is 20.3 Å². The predicted octanol–water partition coefficient (Wildman–Crippen LogP) is 2.37. The molecule has 0 heterocycles. The Bertz CT molecular complexity index is 152. The Morgan fingerprint density at radius 1 is 1.50 bits per heavy atom. The molecule has 0 aromatic heterocycles. The van der Waals surface area contributed by atoms with E-state index in [2.05, 4.69) is 19.1 Å². The van der Waals surface area contributed by atoms with Gasteiger partial charge in [-0.3, -0.25) is 0 Å². The molecule has 0 aliphatic carbocycles. The molecule has 0 aromatic carbocycles. The number of rotatable bonds is 3. The van der Waals surface area contributed by atoms with Crippen LogP contribution in [0.2, 0.25) is 0 Å². The van der Waals surface area contributed by atoms with Crippen molar-refractivity contribution in [1.82, 2.24) is 0 Å². The van der Waals surface area contributed by atoms with Crippen LogP contribution in [0.1, 0.15) is 20.3 Å². The van der Waals surface area contributed by atoms with E-state index in [1.165, 1.54) is 5.57 Å². The van der Waals surface area contributed by atoms with Crippen LogP contribution < -0.4 is 5.73 Å². The smallest absolute Gasteiger partial charge is 0.00999 e. The van der Waals surface area contributed by atoms with Crippen LogP contribution >= 0.6 is 0 Å². The monoisotopic (exact) mass is 137 g/mol. The van der Waals surface area contributed by atoms with Crippen molar-refractivity contribution >= 4 is 0 Å². The summed E-state index contributed by atoms with van der Waals surface area (Å²) in [5.41, 5.74) is 6.44. The highest BCUT2D eigenvalue weighted by Crippen LogP contribution is 1.96. The van der Waals surface area contributed by atoms with Gasteiger partial charge >= 0.3 is 0 Å². The van der Waals surface area contributed by atoms with Crippen molar-refractivity contribution in [3.63, 3.8) is 0 Å². The summed E-state index contributed by atoms with van der Waals surface area (Å²) in [4.78, 5) is 0. The summed E-state index contributed by atoms with van der Waals surface area (Å²) in [6.45, 7) is 4.08. The van der Waals surface area contributed by atoms with Gasteiger partial charge < -0.3 is 5.73 Å². The average molecular weight is 137 g/mol. The zero-order valence-electron chi connectivity index (χ0n) is 6.67. The van der Waals surface area contributed by atoms with E-state index in [0.29, 0.717) is 0 Å². The van der Waals surface area contributed by atoms with Crippen LogP contribution in [0.25, 0.3) is 0 Å². The van der Waals surface area contributed by atoms with Gasteiger partial charge in [0.1, 0.15) is 0 Å². The molecule has 1 heteroatoms. The predicted molar refractivity (Wildman–Crippen MR) is 46.5 cm³/mol. The molecule has 0 radical (unpaired) electrons. The van der Waals surface area contributed by atoms with Crippen molar-refractivity contribution in [3.05, 3.63) is 36.1 Å². The van der Waals surface area contributed by atoms with Crippen molar-refractivity contribution < 1.29 is 0 Å². The maximum Gasteiger partial charge on any atom is -0.00999 e. The fourth-order valence-corrected chi connectivity index (χ4v) is 0.663. The molecule has 0 rings (SSSR count). The molecule has 0 unspecified atom stereocenters. The number of allylic oxidation sites excluding steroid dienone is 5. The van der Waals surface area contributed by atoms with E-state index in [0.717, 1.165) is 6.42 Å². The molecule has 0 amide bonds. The van der Waals surface area contributed by atoms with E-state index in [1.807, 2.05) is 19.1 Å². The minimum atomic E-state index is 0.923. The lowest BCUT2D eigenvalue weighted by atomic mass is 10.2. The van der Waals surface area contributed by atoms with Gasteiger partial charge in [0.2, 0.25) is 0 Å². The summed E-state index contributed by atoms with van der Waals surface area (Å²) >= 11 is 0. The van der Waals surface area contributed by atoms with Crippen LogP contribution in [-0.4, -0.2) is 0 Å². The number of hydrogen-bond donors (Lipinski definition) is 1. The van der Waals surface area contributed by atoms with Gasteiger partial charge in [0.05, 0.1) is 0 Å². The Labute approximate surface area is 62.9 Å². The van der Waals surface area contributed by atoms with Crippen LogP contribution in [0.15, 0.2) is 36.1 Å². The molecule has 0 atom stereocenters. The Balaban J connectivity index is 3.68. The lowest BCUT2D eigenvalue weighted by Gasteiger charge is -1.87. The van der Waals surface area contributed by atoms with Gasteiger partial charge in [-0.25, -0.2) is 0 Å². The summed E-state index contributed by atoms with van der Waals surface area (Å²) < 4.78 is 0. The third-order valence-electron chi connectivity index (χ3n) is 1.14. The van der Waals surface area contributed by atoms with Crippen molar-refractivity contribution in [3.8, 4) is 0 Å². The maximum absolute atomic E-state index is 5.16. The second-order valence-electron chi connectivity index (χ2n) is 2.11. The molecule has 0 aliphatic rings. The lowest BCUT2D eigenvalue weighted by Crippen LogP contribution is -1.74. The van der Waals surface area contributed by atoms with E-state index >= 15 is 0 Å². The van der Waals surface area contributed by atoms with E-state index in [9.17, 15) is 0 Å². The van der Waals surface area contributed by atoms with Crippen LogP contribution in [0.4, 0.5) is 0 Å². The molecule has 56 valence electrons. The fourth-order valence-electron chi connectivity index (χ4n) is 0.663. The summed E-state index contributed by atoms with van der Waals surface area (Å²) in [6.07, 6.45) is 10.6. The van der Waals surface area contributed by atoms with E-state index in [1.54, 1.807) is 6.20 Å². The molecule has 0 saturated heterocycles. The Kier molecular flexibility index (Phi) is 5.54. The largest absolute Gasteiger partial charge is 0.405 e. The van der Waals surface area contributed by atoms with Gasteiger partial charge in [0.15, 0.2) is 0 Å². The van der Waals surface area contributed by atoms with E-state index in [-0.39, 0.29) is 0 Å². The van der Waals surface area contributed by atoms with Gasteiger partial charge in [-0.2, -0.15) is 0 Å². The summed E-state index contributed by atoms with van der Waals surface area (Å²) in [5.74, 6) is 0. The van der Waals surface area contributed by atoms with Gasteiger partial charge in [-0.15, -0.1) is 0 Å². The molecule has 0 spiro atoms. The molecule has 0 aliphatic heterocycles. The highest BCUT2D eigenvalue weighted by Gasteiger charge is 1.76. The molecule has 10 heavy (non-hydrogen) atoms. The lowest BCUT2D eigenvalue weighted by molar-refractivity contribution is 1.31. The SMILES string of the molecule is C/C=C\C(C)=C/C/C=C/N. The molecular weight excluding hydrogens is 122 g/mol. The fraction of sp³-hybridized carbons (Fsp3) is 0.333. The summed E-state index contributed by atoms with van der Waals surface area (Å²) in [5, 5.41) is 0. The van der Waals surface area contributed by atoms with Gasteiger partial charge in [0, 0.05) is 0 Å². The summed E-state index contributed by atoms with van der Waals surface area (Å²) in [6, 6.07) is 0. The van der Waals surface area contributed by atoms with Crippen molar-refractivity contribution in [2.24, 2.45) is 5.73 Å². The zero-order chi connectivity index (χ0) is 7.82. The first-order valence-electron chi connectivity index (χ1n) is 3.47. The van der Waals surface area contributed by atoms with Gasteiger partial charge in [0.25, 0.3) is 0 Å². The van der Waals surface area contributed by atoms with Crippen LogP contribution in [0, 0.1) is 0 Å². The standard InChI is InChI=1S/C9H15N/c1-3-6-9(2)7-4-5-8-10/h3,5-8H,4,10H2,1-2H3/b6-3-,8-5+,9-7-. The average Bonchev–Trinajstić information content (AvgIpc) is 1.89. The highest BCUT2D eigenvalue weighted by molar-refractivity contribution is 5.16. The molecule has 0 bridgehead atoms. The zero-order valence-corrected chi connectivity index (χ0v) is 6.67. The molecular formula is C9H15N. The Morgan fingerprint density at radius 2 is 2.20 bits per heavy atom. The first kappa shape index (κ1) is 9.02. The van der Waals surface area contributed by atoms with E-state index < -0.39 is 0 Å². The third-order valence-corrected chi connectivity index (χ3v) is 1.14. The van der Waals surface area contributed by atoms with Gasteiger partial charge in [-0.1, -0.05) is 29.9 Å². The van der Waals surface area contributed by atoms with Crippen LogP contribution in [0.5, 0.6) is 0 Å². The normalized spacial score (nSPS) is 13.6. The third kappa shape index (κ3) is 5.16. The highest BCUT2D eigenvalue weighted by atomic mass is 14.5. The molecule has 0 fully saturated rings. The maximum atomic E-state index is 5.16. The molecule has 2 N–H and O–H groups in total. The Hall–Kier alpha value is -0.980. The van der Waals surface area contributed by atoms with Gasteiger partial charge in [-0.05, 0) is 26.5 Å². The number of hydrogen-bond acceptors (Lipinski definition) is 1. The molecule has 1 nitrogen and oxygen atoms in total. The quantitative estimate of drug-likeness (QED) is 0.594. The van der Waals surface area contributed by atoms with E-state index in [4.69, 9.17) is 5.73 Å². The topological polar surface area (TPSA) is 26.0 Å². The molecule has 0 saturated carbocycles. The first-order chi connectivity index (χ1) is 4.81. The minimum absolute atomic E-state index is 0.923. The van der Waals surface area contributed by atoms with Crippen molar-refractivity contribution in [1.29, 1.82) is 0 Å². The number of nitrogens with two attached hydrogens (primary N) is 1. The second kappa shape index (κ2) is 6.14. The van der Waals surface area contributed by atoms with Crippen molar-refractivity contribution in [2.75, 3.05) is 0 Å². The second-order valence-corrected chi connectivity index (χ2v) is 2.11. The summed E-state index contributed by atoms with van der Waals surface area (Å²) in [7, 11) is 0. The van der Waals surface area contributed by atoms with Crippen LogP contribution in [-0.2, 0) is 0 Å². The Morgan fingerprint density at radius 3 is 2.70 bits per heavy atom. The first-order valence-corrected chi connectivity index (χ1v) is 3.47. The minimum Gasteiger partial charge on any atom is -0.405 e.